The Balaban J connectivity index is 2.45. The van der Waals surface area contributed by atoms with Crippen molar-refractivity contribution >= 4 is 23.5 Å². The third-order valence-corrected chi connectivity index (χ3v) is 2.50. The van der Waals surface area contributed by atoms with Gasteiger partial charge in [0.2, 0.25) is 5.91 Å². The predicted molar refractivity (Wildman–Crippen MR) is 58.9 cm³/mol. The lowest BCUT2D eigenvalue weighted by Crippen LogP contribution is -2.46. The van der Waals surface area contributed by atoms with E-state index in [9.17, 15) is 9.59 Å². The Hall–Kier alpha value is -0.770. The lowest BCUT2D eigenvalue weighted by atomic mass is 10.4. The first-order chi connectivity index (χ1) is 7.06. The number of nitrogens with zero attached hydrogens (tertiary/aromatic N) is 1. The van der Waals surface area contributed by atoms with Crippen LogP contribution in [0.15, 0.2) is 0 Å². The first kappa shape index (κ1) is 12.3. The number of amides is 3. The van der Waals surface area contributed by atoms with Gasteiger partial charge in [-0.05, 0) is 26.2 Å². The molecule has 15 heavy (non-hydrogen) atoms. The van der Waals surface area contributed by atoms with Gasteiger partial charge in [0.05, 0.1) is 0 Å². The van der Waals surface area contributed by atoms with Crippen LogP contribution in [0.25, 0.3) is 0 Å². The van der Waals surface area contributed by atoms with Crippen LogP contribution in [-0.2, 0) is 4.79 Å². The molecule has 0 saturated heterocycles. The van der Waals surface area contributed by atoms with Gasteiger partial charge in [0.15, 0.2) is 0 Å². The molecule has 1 saturated carbocycles. The molecule has 0 aliphatic heterocycles. The average molecular weight is 233 g/mol. The zero-order chi connectivity index (χ0) is 11.4. The van der Waals surface area contributed by atoms with Gasteiger partial charge < -0.3 is 4.90 Å². The standard InChI is InChI=1S/C10H17ClN2O2/c1-3-6-13(8-4-5-8)10(15)12-9(14)7(2)11/h7-8H,3-6H2,1-2H3,(H,12,14,15). The van der Waals surface area contributed by atoms with Crippen molar-refractivity contribution in [2.75, 3.05) is 6.54 Å². The number of carbonyl (C=O) groups excluding carboxylic acids is 2. The first-order valence-corrected chi connectivity index (χ1v) is 5.75. The maximum atomic E-state index is 11.7. The molecule has 1 N–H and O–H groups in total. The van der Waals surface area contributed by atoms with E-state index in [1.54, 1.807) is 11.8 Å². The topological polar surface area (TPSA) is 49.4 Å². The minimum absolute atomic E-state index is 0.308. The SMILES string of the molecule is CCCN(C(=O)NC(=O)C(C)Cl)C1CC1. The number of nitrogens with one attached hydrogen (secondary N) is 1. The molecule has 5 heteroatoms. The van der Waals surface area contributed by atoms with Gasteiger partial charge in [0, 0.05) is 12.6 Å². The number of halogens is 1. The number of carbonyl (C=O) groups is 2. The number of hydrogen-bond acceptors (Lipinski definition) is 2. The quantitative estimate of drug-likeness (QED) is 0.751. The first-order valence-electron chi connectivity index (χ1n) is 5.31. The zero-order valence-electron chi connectivity index (χ0n) is 9.12. The molecule has 0 heterocycles. The second-order valence-corrected chi connectivity index (χ2v) is 4.49. The van der Waals surface area contributed by atoms with Gasteiger partial charge in [-0.2, -0.15) is 0 Å². The predicted octanol–water partition coefficient (Wildman–Crippen LogP) is 1.72. The maximum absolute atomic E-state index is 11.7. The molecule has 3 amide bonds. The average Bonchev–Trinajstić information content (AvgIpc) is 2.97. The van der Waals surface area contributed by atoms with Crippen molar-refractivity contribution in [1.29, 1.82) is 0 Å². The highest BCUT2D eigenvalue weighted by Gasteiger charge is 2.32. The highest BCUT2D eigenvalue weighted by atomic mass is 35.5. The Bertz CT molecular complexity index is 252. The molecule has 1 atom stereocenters. The van der Waals surface area contributed by atoms with Gasteiger partial charge in [-0.15, -0.1) is 11.6 Å². The molecular weight excluding hydrogens is 216 g/mol. The Labute approximate surface area is 95.0 Å². The van der Waals surface area contributed by atoms with Crippen LogP contribution in [0.4, 0.5) is 4.79 Å². The van der Waals surface area contributed by atoms with Gasteiger partial charge in [-0.3, -0.25) is 10.1 Å². The van der Waals surface area contributed by atoms with Gasteiger partial charge >= 0.3 is 6.03 Å². The van der Waals surface area contributed by atoms with E-state index in [2.05, 4.69) is 5.32 Å². The van der Waals surface area contributed by atoms with Gasteiger partial charge in [0.1, 0.15) is 5.38 Å². The molecule has 1 rings (SSSR count). The normalized spacial score (nSPS) is 17.0. The van der Waals surface area contributed by atoms with E-state index in [1.807, 2.05) is 6.92 Å². The molecule has 1 aliphatic rings. The Morgan fingerprint density at radius 3 is 2.53 bits per heavy atom. The third-order valence-electron chi connectivity index (χ3n) is 2.30. The summed E-state index contributed by atoms with van der Waals surface area (Å²) in [6.07, 6.45) is 2.98. The summed E-state index contributed by atoms with van der Waals surface area (Å²) in [6.45, 7) is 4.25. The van der Waals surface area contributed by atoms with Crippen LogP contribution in [-0.4, -0.2) is 34.8 Å². The second-order valence-electron chi connectivity index (χ2n) is 3.83. The molecule has 0 bridgehead atoms. The summed E-state index contributed by atoms with van der Waals surface area (Å²) in [6, 6.07) is 0.0141. The van der Waals surface area contributed by atoms with Crippen LogP contribution in [0.2, 0.25) is 0 Å². The minimum atomic E-state index is -0.670. The Morgan fingerprint density at radius 2 is 2.13 bits per heavy atom. The van der Waals surface area contributed by atoms with Crippen LogP contribution in [0, 0.1) is 0 Å². The maximum Gasteiger partial charge on any atom is 0.324 e. The molecule has 1 fully saturated rings. The summed E-state index contributed by atoms with van der Waals surface area (Å²) in [5, 5.41) is 1.63. The summed E-state index contributed by atoms with van der Waals surface area (Å²) in [5.74, 6) is -0.427. The zero-order valence-corrected chi connectivity index (χ0v) is 9.88. The van der Waals surface area contributed by atoms with Gasteiger partial charge in [0.25, 0.3) is 0 Å². The van der Waals surface area contributed by atoms with Crippen molar-refractivity contribution in [3.63, 3.8) is 0 Å². The molecule has 0 spiro atoms. The minimum Gasteiger partial charge on any atom is -0.321 e. The third kappa shape index (κ3) is 3.70. The highest BCUT2D eigenvalue weighted by Crippen LogP contribution is 2.26. The fraction of sp³-hybridized carbons (Fsp3) is 0.800. The largest absolute Gasteiger partial charge is 0.324 e. The van der Waals surface area contributed by atoms with E-state index in [-0.39, 0.29) is 6.03 Å². The molecule has 1 aliphatic carbocycles. The van der Waals surface area contributed by atoms with E-state index in [4.69, 9.17) is 11.6 Å². The van der Waals surface area contributed by atoms with Crippen molar-refractivity contribution in [3.05, 3.63) is 0 Å². The lowest BCUT2D eigenvalue weighted by molar-refractivity contribution is -0.119. The van der Waals surface area contributed by atoms with E-state index >= 15 is 0 Å². The van der Waals surface area contributed by atoms with E-state index in [0.29, 0.717) is 12.6 Å². The van der Waals surface area contributed by atoms with E-state index < -0.39 is 11.3 Å². The van der Waals surface area contributed by atoms with Crippen molar-refractivity contribution < 1.29 is 9.59 Å². The number of rotatable bonds is 4. The number of alkyl halides is 1. The Morgan fingerprint density at radius 1 is 1.53 bits per heavy atom. The summed E-state index contributed by atoms with van der Waals surface area (Å²) < 4.78 is 0. The van der Waals surface area contributed by atoms with Crippen LogP contribution >= 0.6 is 11.6 Å². The molecular formula is C10H17ClN2O2. The smallest absolute Gasteiger partial charge is 0.321 e. The van der Waals surface area contributed by atoms with Crippen LogP contribution in [0.3, 0.4) is 0 Å². The monoisotopic (exact) mass is 232 g/mol. The molecule has 0 aromatic carbocycles. The summed E-state index contributed by atoms with van der Waals surface area (Å²) in [7, 11) is 0. The van der Waals surface area contributed by atoms with Crippen LogP contribution < -0.4 is 5.32 Å². The number of imide groups is 1. The van der Waals surface area contributed by atoms with E-state index in [1.165, 1.54) is 0 Å². The van der Waals surface area contributed by atoms with E-state index in [0.717, 1.165) is 19.3 Å². The van der Waals surface area contributed by atoms with Crippen LogP contribution in [0.1, 0.15) is 33.1 Å². The van der Waals surface area contributed by atoms with Crippen molar-refractivity contribution in [3.8, 4) is 0 Å². The molecule has 4 nitrogen and oxygen atoms in total. The summed E-state index contributed by atoms with van der Waals surface area (Å²) >= 11 is 5.57. The summed E-state index contributed by atoms with van der Waals surface area (Å²) in [4.78, 5) is 24.6. The molecule has 86 valence electrons. The second kappa shape index (κ2) is 5.35. The van der Waals surface area contributed by atoms with Gasteiger partial charge in [-0.1, -0.05) is 6.92 Å². The summed E-state index contributed by atoms with van der Waals surface area (Å²) in [5.41, 5.74) is 0. The van der Waals surface area contributed by atoms with Crippen molar-refractivity contribution in [1.82, 2.24) is 10.2 Å². The number of hydrogen-bond donors (Lipinski definition) is 1. The van der Waals surface area contributed by atoms with Crippen molar-refractivity contribution in [2.24, 2.45) is 0 Å². The molecule has 0 radical (unpaired) electrons. The lowest BCUT2D eigenvalue weighted by Gasteiger charge is -2.21. The van der Waals surface area contributed by atoms with Gasteiger partial charge in [-0.25, -0.2) is 4.79 Å². The molecule has 0 aromatic rings. The van der Waals surface area contributed by atoms with Crippen LogP contribution in [0.5, 0.6) is 0 Å². The molecule has 0 aromatic heterocycles. The number of urea groups is 1. The fourth-order valence-corrected chi connectivity index (χ4v) is 1.41. The molecule has 1 unspecified atom stereocenters. The highest BCUT2D eigenvalue weighted by molar-refractivity contribution is 6.31. The Kier molecular flexibility index (Phi) is 4.39. The van der Waals surface area contributed by atoms with Crippen molar-refractivity contribution in [2.45, 2.75) is 44.5 Å². The fourth-order valence-electron chi connectivity index (χ4n) is 1.35.